The average molecular weight is 627 g/mol. The van der Waals surface area contributed by atoms with E-state index in [1.54, 1.807) is 30.5 Å². The molecule has 0 aliphatic carbocycles. The standard InChI is InChI=1S/C33H37F3N4O5/c1-39(17-14-25-7-2-3-15-37-25)20-27-19-29(23-12-10-22(21-41)11-13-23)45-31(44-27)24-6-4-8-26(18-24)38-30(42)28-9-5-16-40(28)32(43)33(34,35)36/h2-4,6-8,10-13,15,18,27-29,31,41H,5,9,14,16-17,19-21H2,1H3,(H,38,42)/t27-,28+,29+,31+/m1/s1. The number of pyridine rings is 1. The molecule has 9 nitrogen and oxygen atoms in total. The van der Waals surface area contributed by atoms with Crippen molar-refractivity contribution < 1.29 is 37.3 Å². The molecule has 0 radical (unpaired) electrons. The molecule has 2 aliphatic heterocycles. The Kier molecular flexibility index (Phi) is 10.5. The Labute approximate surface area is 260 Å². The number of carbonyl (C=O) groups excluding carboxylic acids is 2. The number of rotatable bonds is 10. The molecule has 5 rings (SSSR count). The molecule has 0 saturated carbocycles. The normalized spacial score (nSPS) is 22.0. The number of anilines is 1. The molecule has 12 heteroatoms. The molecule has 0 spiro atoms. The highest BCUT2D eigenvalue weighted by Crippen LogP contribution is 2.39. The van der Waals surface area contributed by atoms with Crippen LogP contribution in [0, 0.1) is 0 Å². The minimum atomic E-state index is -5.05. The van der Waals surface area contributed by atoms with Crippen molar-refractivity contribution in [3.05, 3.63) is 95.3 Å². The van der Waals surface area contributed by atoms with Gasteiger partial charge in [-0.3, -0.25) is 14.6 Å². The highest BCUT2D eigenvalue weighted by atomic mass is 19.4. The van der Waals surface area contributed by atoms with Gasteiger partial charge in [-0.2, -0.15) is 13.2 Å². The van der Waals surface area contributed by atoms with Gasteiger partial charge < -0.3 is 29.7 Å². The fourth-order valence-corrected chi connectivity index (χ4v) is 5.76. The summed E-state index contributed by atoms with van der Waals surface area (Å²) in [6.45, 7) is 1.20. The second-order valence-corrected chi connectivity index (χ2v) is 11.5. The van der Waals surface area contributed by atoms with E-state index in [9.17, 15) is 27.9 Å². The third-order valence-electron chi connectivity index (χ3n) is 8.09. The number of alkyl halides is 3. The van der Waals surface area contributed by atoms with Crippen molar-refractivity contribution in [1.29, 1.82) is 0 Å². The molecule has 3 aromatic rings. The summed E-state index contributed by atoms with van der Waals surface area (Å²) in [7, 11) is 2.02. The van der Waals surface area contributed by atoms with Crippen LogP contribution < -0.4 is 5.32 Å². The lowest BCUT2D eigenvalue weighted by Gasteiger charge is -2.38. The number of nitrogens with zero attached hydrogens (tertiary/aromatic N) is 3. The maximum Gasteiger partial charge on any atom is 0.471 e. The number of hydrogen-bond donors (Lipinski definition) is 2. The van der Waals surface area contributed by atoms with Crippen LogP contribution >= 0.6 is 0 Å². The van der Waals surface area contributed by atoms with Gasteiger partial charge in [-0.15, -0.1) is 0 Å². The molecular weight excluding hydrogens is 589 g/mol. The summed E-state index contributed by atoms with van der Waals surface area (Å²) in [4.78, 5) is 32.0. The zero-order valence-electron chi connectivity index (χ0n) is 25.0. The fourth-order valence-electron chi connectivity index (χ4n) is 5.76. The number of halogens is 3. The van der Waals surface area contributed by atoms with Gasteiger partial charge in [0.1, 0.15) is 6.04 Å². The lowest BCUT2D eigenvalue weighted by Crippen LogP contribution is -2.48. The Hall–Kier alpha value is -3.84. The van der Waals surface area contributed by atoms with Crippen LogP contribution in [0.25, 0.3) is 0 Å². The van der Waals surface area contributed by atoms with E-state index < -0.39 is 30.3 Å². The van der Waals surface area contributed by atoms with Gasteiger partial charge in [-0.05, 0) is 55.3 Å². The number of likely N-dealkylation sites (tertiary alicyclic amines) is 1. The third kappa shape index (κ3) is 8.46. The first-order valence-electron chi connectivity index (χ1n) is 15.0. The first-order valence-corrected chi connectivity index (χ1v) is 15.0. The van der Waals surface area contributed by atoms with Crippen LogP contribution in [0.4, 0.5) is 18.9 Å². The average Bonchev–Trinajstić information content (AvgIpc) is 3.54. The number of aliphatic hydroxyl groups is 1. The number of ether oxygens (including phenoxy) is 2. The first-order chi connectivity index (χ1) is 21.6. The summed E-state index contributed by atoms with van der Waals surface area (Å²) >= 11 is 0. The molecule has 0 unspecified atom stereocenters. The van der Waals surface area contributed by atoms with E-state index in [1.807, 2.05) is 49.5 Å². The maximum atomic E-state index is 13.1. The smallest absolute Gasteiger partial charge is 0.392 e. The van der Waals surface area contributed by atoms with Gasteiger partial charge >= 0.3 is 12.1 Å². The van der Waals surface area contributed by atoms with Crippen molar-refractivity contribution in [2.45, 2.75) is 63.0 Å². The van der Waals surface area contributed by atoms with Crippen LogP contribution in [0.15, 0.2) is 72.9 Å². The molecule has 4 atom stereocenters. The van der Waals surface area contributed by atoms with Gasteiger partial charge in [0.25, 0.3) is 0 Å². The number of aliphatic hydroxyl groups excluding tert-OH is 1. The second kappa shape index (κ2) is 14.5. The van der Waals surface area contributed by atoms with Gasteiger partial charge in [0.15, 0.2) is 6.29 Å². The zero-order valence-corrected chi connectivity index (χ0v) is 25.0. The number of amides is 2. The Morgan fingerprint density at radius 2 is 1.87 bits per heavy atom. The molecule has 3 heterocycles. The van der Waals surface area contributed by atoms with Crippen molar-refractivity contribution in [2.24, 2.45) is 0 Å². The van der Waals surface area contributed by atoms with Crippen molar-refractivity contribution in [3.63, 3.8) is 0 Å². The molecule has 2 saturated heterocycles. The molecule has 45 heavy (non-hydrogen) atoms. The molecule has 1 aromatic heterocycles. The van der Waals surface area contributed by atoms with E-state index in [4.69, 9.17) is 9.47 Å². The molecule has 2 fully saturated rings. The van der Waals surface area contributed by atoms with Crippen LogP contribution in [0.3, 0.4) is 0 Å². The summed E-state index contributed by atoms with van der Waals surface area (Å²) < 4.78 is 52.1. The van der Waals surface area contributed by atoms with E-state index in [0.717, 1.165) is 29.8 Å². The van der Waals surface area contributed by atoms with Gasteiger partial charge in [-0.25, -0.2) is 0 Å². The highest BCUT2D eigenvalue weighted by molar-refractivity contribution is 5.98. The number of aromatic nitrogens is 1. The zero-order chi connectivity index (χ0) is 32.0. The molecule has 2 aromatic carbocycles. The van der Waals surface area contributed by atoms with Gasteiger partial charge in [-0.1, -0.05) is 42.5 Å². The monoisotopic (exact) mass is 626 g/mol. The van der Waals surface area contributed by atoms with Crippen LogP contribution in [-0.2, 0) is 32.1 Å². The summed E-state index contributed by atoms with van der Waals surface area (Å²) in [5.74, 6) is -2.69. The van der Waals surface area contributed by atoms with Crippen LogP contribution in [-0.4, -0.2) is 76.7 Å². The minimum Gasteiger partial charge on any atom is -0.392 e. The number of benzene rings is 2. The number of likely N-dealkylation sites (N-methyl/N-ethyl adjacent to an activating group) is 1. The predicted octanol–water partition coefficient (Wildman–Crippen LogP) is 4.79. The largest absolute Gasteiger partial charge is 0.471 e. The lowest BCUT2D eigenvalue weighted by molar-refractivity contribution is -0.252. The molecule has 2 amide bonds. The maximum absolute atomic E-state index is 13.1. The van der Waals surface area contributed by atoms with Crippen molar-refractivity contribution in [2.75, 3.05) is 32.0 Å². The topological polar surface area (TPSA) is 104 Å². The quantitative estimate of drug-likeness (QED) is 0.334. The summed E-state index contributed by atoms with van der Waals surface area (Å²) in [5.41, 5.74) is 3.70. The number of hydrogen-bond acceptors (Lipinski definition) is 7. The predicted molar refractivity (Wildman–Crippen MR) is 160 cm³/mol. The Balaban J connectivity index is 1.30. The van der Waals surface area contributed by atoms with Gasteiger partial charge in [0, 0.05) is 55.6 Å². The van der Waals surface area contributed by atoms with Crippen LogP contribution in [0.5, 0.6) is 0 Å². The fraction of sp³-hybridized carbons (Fsp3) is 0.424. The van der Waals surface area contributed by atoms with Crippen molar-refractivity contribution >= 4 is 17.5 Å². The SMILES string of the molecule is CN(CCc1ccccn1)C[C@H]1C[C@@H](c2ccc(CO)cc2)O[C@@H](c2cccc(NC(=O)[C@@H]3CCCN3C(=O)C(F)(F)F)c2)O1. The summed E-state index contributed by atoms with van der Waals surface area (Å²) in [6.07, 6.45) is -2.76. The van der Waals surface area contributed by atoms with Crippen LogP contribution in [0.2, 0.25) is 0 Å². The summed E-state index contributed by atoms with van der Waals surface area (Å²) in [5, 5.41) is 12.2. The van der Waals surface area contributed by atoms with E-state index in [2.05, 4.69) is 15.2 Å². The van der Waals surface area contributed by atoms with E-state index >= 15 is 0 Å². The van der Waals surface area contributed by atoms with Gasteiger partial charge in [0.05, 0.1) is 18.8 Å². The molecule has 2 N–H and O–H groups in total. The number of carbonyl (C=O) groups is 2. The van der Waals surface area contributed by atoms with Crippen molar-refractivity contribution in [1.82, 2.24) is 14.8 Å². The summed E-state index contributed by atoms with van der Waals surface area (Å²) in [6, 6.07) is 19.0. The lowest BCUT2D eigenvalue weighted by atomic mass is 9.99. The van der Waals surface area contributed by atoms with Gasteiger partial charge in [0.2, 0.25) is 5.91 Å². The van der Waals surface area contributed by atoms with E-state index in [1.165, 1.54) is 0 Å². The van der Waals surface area contributed by atoms with Crippen LogP contribution in [0.1, 0.15) is 54.0 Å². The molecular formula is C33H37F3N4O5. The minimum absolute atomic E-state index is 0.0667. The number of nitrogens with one attached hydrogen (secondary N) is 1. The third-order valence-corrected chi connectivity index (χ3v) is 8.09. The first kappa shape index (κ1) is 32.6. The molecule has 2 aliphatic rings. The van der Waals surface area contributed by atoms with Crippen molar-refractivity contribution in [3.8, 4) is 0 Å². The Morgan fingerprint density at radius 3 is 2.58 bits per heavy atom. The van der Waals surface area contributed by atoms with E-state index in [-0.39, 0.29) is 31.8 Å². The molecule has 0 bridgehead atoms. The highest BCUT2D eigenvalue weighted by Gasteiger charge is 2.47. The van der Waals surface area contributed by atoms with E-state index in [0.29, 0.717) is 35.5 Å². The second-order valence-electron chi connectivity index (χ2n) is 11.5. The Bertz CT molecular complexity index is 1440. The molecule has 240 valence electrons. The Morgan fingerprint density at radius 1 is 1.07 bits per heavy atom.